The van der Waals surface area contributed by atoms with E-state index in [4.69, 9.17) is 5.26 Å². The zero-order valence-electron chi connectivity index (χ0n) is 11.3. The van der Waals surface area contributed by atoms with Crippen LogP contribution in [0.15, 0.2) is 18.2 Å². The fraction of sp³-hybridized carbons (Fsp3) is 0.429. The van der Waals surface area contributed by atoms with Crippen LogP contribution in [0.2, 0.25) is 0 Å². The SMILES string of the molecule is N#Cc1ccc(CNC(=O)C2CCCCS2(=O)=O)c(F)c1. The summed E-state index contributed by atoms with van der Waals surface area (Å²) in [4.78, 5) is 12.0. The molecule has 1 aliphatic heterocycles. The van der Waals surface area contributed by atoms with Gasteiger partial charge in [-0.2, -0.15) is 5.26 Å². The average molecular weight is 310 g/mol. The highest BCUT2D eigenvalue weighted by Gasteiger charge is 2.34. The number of halogens is 1. The van der Waals surface area contributed by atoms with Crippen molar-refractivity contribution in [3.8, 4) is 6.07 Å². The Balaban J connectivity index is 2.03. The molecular formula is C14H15FN2O3S. The molecule has 0 saturated carbocycles. The molecule has 1 unspecified atom stereocenters. The third-order valence-electron chi connectivity index (χ3n) is 3.51. The van der Waals surface area contributed by atoms with Crippen molar-refractivity contribution in [2.75, 3.05) is 5.75 Å². The van der Waals surface area contributed by atoms with Crippen LogP contribution in [0.3, 0.4) is 0 Å². The van der Waals surface area contributed by atoms with Gasteiger partial charge in [0.2, 0.25) is 5.91 Å². The minimum Gasteiger partial charge on any atom is -0.351 e. The molecule has 0 aliphatic carbocycles. The third kappa shape index (κ3) is 3.58. The summed E-state index contributed by atoms with van der Waals surface area (Å²) in [5.74, 6) is -1.16. The van der Waals surface area contributed by atoms with Gasteiger partial charge in [-0.3, -0.25) is 4.79 Å². The molecule has 2 rings (SSSR count). The zero-order valence-corrected chi connectivity index (χ0v) is 12.1. The van der Waals surface area contributed by atoms with E-state index in [1.54, 1.807) is 0 Å². The molecule has 21 heavy (non-hydrogen) atoms. The second-order valence-electron chi connectivity index (χ2n) is 4.99. The van der Waals surface area contributed by atoms with Crippen molar-refractivity contribution in [3.05, 3.63) is 35.1 Å². The van der Waals surface area contributed by atoms with Crippen LogP contribution in [0.5, 0.6) is 0 Å². The predicted octanol–water partition coefficient (Wildman–Crippen LogP) is 1.28. The standard InChI is InChI=1S/C14H15FN2O3S/c15-12-7-10(8-16)4-5-11(12)9-17-14(18)13-3-1-2-6-21(13,19)20/h4-5,7,13H,1-3,6,9H2,(H,17,18). The summed E-state index contributed by atoms with van der Waals surface area (Å²) < 4.78 is 37.3. The number of hydrogen-bond donors (Lipinski definition) is 1. The van der Waals surface area contributed by atoms with Gasteiger partial charge in [0.1, 0.15) is 11.1 Å². The minimum absolute atomic E-state index is 0.0241. The molecule has 1 aliphatic rings. The molecule has 7 heteroatoms. The highest BCUT2D eigenvalue weighted by Crippen LogP contribution is 2.20. The van der Waals surface area contributed by atoms with Gasteiger partial charge in [-0.25, -0.2) is 12.8 Å². The topological polar surface area (TPSA) is 87.0 Å². The molecule has 1 aromatic rings. The molecule has 1 amide bonds. The van der Waals surface area contributed by atoms with Crippen LogP contribution in [-0.2, 0) is 21.2 Å². The first kappa shape index (κ1) is 15.4. The maximum absolute atomic E-state index is 13.7. The molecule has 0 radical (unpaired) electrons. The fourth-order valence-electron chi connectivity index (χ4n) is 2.31. The number of nitrogens with one attached hydrogen (secondary N) is 1. The summed E-state index contributed by atoms with van der Waals surface area (Å²) in [6.45, 7) is -0.0948. The number of nitrogens with zero attached hydrogens (tertiary/aromatic N) is 1. The van der Waals surface area contributed by atoms with E-state index < -0.39 is 26.8 Å². The van der Waals surface area contributed by atoms with Crippen LogP contribution in [-0.4, -0.2) is 25.3 Å². The molecule has 1 atom stereocenters. The minimum atomic E-state index is -3.40. The fourth-order valence-corrected chi connectivity index (χ4v) is 4.13. The highest BCUT2D eigenvalue weighted by molar-refractivity contribution is 7.92. The number of rotatable bonds is 3. The number of carbonyl (C=O) groups excluding carboxylic acids is 1. The van der Waals surface area contributed by atoms with Gasteiger partial charge in [0.25, 0.3) is 0 Å². The zero-order chi connectivity index (χ0) is 15.5. The Kier molecular flexibility index (Phi) is 4.58. The summed E-state index contributed by atoms with van der Waals surface area (Å²) in [5, 5.41) is 10.1. The summed E-state index contributed by atoms with van der Waals surface area (Å²) >= 11 is 0. The number of benzene rings is 1. The number of hydrogen-bond acceptors (Lipinski definition) is 4. The van der Waals surface area contributed by atoms with Crippen LogP contribution >= 0.6 is 0 Å². The van der Waals surface area contributed by atoms with E-state index >= 15 is 0 Å². The van der Waals surface area contributed by atoms with Crippen LogP contribution in [0, 0.1) is 17.1 Å². The summed E-state index contributed by atoms with van der Waals surface area (Å²) in [6, 6.07) is 5.75. The Hall–Kier alpha value is -1.94. The number of sulfone groups is 1. The van der Waals surface area contributed by atoms with E-state index in [2.05, 4.69) is 5.32 Å². The van der Waals surface area contributed by atoms with Crippen molar-refractivity contribution in [3.63, 3.8) is 0 Å². The Morgan fingerprint density at radius 1 is 1.43 bits per heavy atom. The molecule has 1 fully saturated rings. The lowest BCUT2D eigenvalue weighted by Crippen LogP contribution is -2.42. The van der Waals surface area contributed by atoms with Gasteiger partial charge >= 0.3 is 0 Å². The van der Waals surface area contributed by atoms with Gasteiger partial charge in [0.05, 0.1) is 17.4 Å². The maximum Gasteiger partial charge on any atom is 0.238 e. The summed E-state index contributed by atoms with van der Waals surface area (Å²) in [6.07, 6.45) is 1.59. The van der Waals surface area contributed by atoms with Crippen molar-refractivity contribution in [2.24, 2.45) is 0 Å². The predicted molar refractivity (Wildman–Crippen MR) is 74.4 cm³/mol. The highest BCUT2D eigenvalue weighted by atomic mass is 32.2. The van der Waals surface area contributed by atoms with Crippen molar-refractivity contribution < 1.29 is 17.6 Å². The van der Waals surface area contributed by atoms with Gasteiger partial charge < -0.3 is 5.32 Å². The third-order valence-corrected chi connectivity index (χ3v) is 5.68. The van der Waals surface area contributed by atoms with Crippen LogP contribution < -0.4 is 5.32 Å². The second kappa shape index (κ2) is 6.22. The molecule has 0 aromatic heterocycles. The molecule has 1 heterocycles. The monoisotopic (exact) mass is 310 g/mol. The van der Waals surface area contributed by atoms with E-state index in [0.717, 1.165) is 6.07 Å². The van der Waals surface area contributed by atoms with Crippen LogP contribution in [0.4, 0.5) is 4.39 Å². The number of amides is 1. The Morgan fingerprint density at radius 3 is 2.81 bits per heavy atom. The first-order valence-electron chi connectivity index (χ1n) is 6.62. The molecule has 5 nitrogen and oxygen atoms in total. The lowest BCUT2D eigenvalue weighted by Gasteiger charge is -2.21. The van der Waals surface area contributed by atoms with E-state index in [1.807, 2.05) is 6.07 Å². The van der Waals surface area contributed by atoms with Gasteiger partial charge in [0, 0.05) is 12.1 Å². The lowest BCUT2D eigenvalue weighted by molar-refractivity contribution is -0.121. The van der Waals surface area contributed by atoms with Gasteiger partial charge in [-0.05, 0) is 25.0 Å². The molecule has 0 bridgehead atoms. The van der Waals surface area contributed by atoms with E-state index in [9.17, 15) is 17.6 Å². The first-order valence-corrected chi connectivity index (χ1v) is 8.33. The Labute approximate surface area is 122 Å². The van der Waals surface area contributed by atoms with Crippen molar-refractivity contribution in [2.45, 2.75) is 31.1 Å². The summed E-state index contributed by atoms with van der Waals surface area (Å²) in [7, 11) is -3.40. The molecule has 1 aromatic carbocycles. The van der Waals surface area contributed by atoms with Gasteiger partial charge in [0.15, 0.2) is 9.84 Å². The smallest absolute Gasteiger partial charge is 0.238 e. The van der Waals surface area contributed by atoms with E-state index in [1.165, 1.54) is 12.1 Å². The van der Waals surface area contributed by atoms with E-state index in [-0.39, 0.29) is 23.4 Å². The lowest BCUT2D eigenvalue weighted by atomic mass is 10.1. The molecule has 1 saturated heterocycles. The van der Waals surface area contributed by atoms with Crippen molar-refractivity contribution >= 4 is 15.7 Å². The normalized spacial score (nSPS) is 20.5. The number of nitriles is 1. The van der Waals surface area contributed by atoms with Crippen molar-refractivity contribution in [1.29, 1.82) is 5.26 Å². The average Bonchev–Trinajstić information content (AvgIpc) is 2.45. The van der Waals surface area contributed by atoms with Crippen LogP contribution in [0.1, 0.15) is 30.4 Å². The Bertz CT molecular complexity index is 695. The van der Waals surface area contributed by atoms with Crippen LogP contribution in [0.25, 0.3) is 0 Å². The molecule has 1 N–H and O–H groups in total. The summed E-state index contributed by atoms with van der Waals surface area (Å²) in [5.41, 5.74) is 0.410. The maximum atomic E-state index is 13.7. The molecule has 0 spiro atoms. The quantitative estimate of drug-likeness (QED) is 0.911. The first-order chi connectivity index (χ1) is 9.94. The molecular weight excluding hydrogens is 295 g/mol. The largest absolute Gasteiger partial charge is 0.351 e. The molecule has 112 valence electrons. The van der Waals surface area contributed by atoms with Crippen molar-refractivity contribution in [1.82, 2.24) is 5.32 Å². The van der Waals surface area contributed by atoms with E-state index in [0.29, 0.717) is 19.3 Å². The van der Waals surface area contributed by atoms with Gasteiger partial charge in [-0.1, -0.05) is 12.5 Å². The number of carbonyl (C=O) groups is 1. The second-order valence-corrected chi connectivity index (χ2v) is 7.29. The Morgan fingerprint density at radius 2 is 2.19 bits per heavy atom. The van der Waals surface area contributed by atoms with Gasteiger partial charge in [-0.15, -0.1) is 0 Å².